The van der Waals surface area contributed by atoms with Crippen molar-refractivity contribution in [3.63, 3.8) is 0 Å². The Morgan fingerprint density at radius 2 is 1.97 bits per heavy atom. The molecule has 1 saturated carbocycles. The fourth-order valence-corrected chi connectivity index (χ4v) is 4.35. The number of benzene rings is 2. The van der Waals surface area contributed by atoms with Gasteiger partial charge in [-0.3, -0.25) is 24.6 Å². The zero-order chi connectivity index (χ0) is 22.1. The van der Waals surface area contributed by atoms with E-state index in [-0.39, 0.29) is 10.6 Å². The summed E-state index contributed by atoms with van der Waals surface area (Å²) >= 11 is 0. The lowest BCUT2D eigenvalue weighted by Crippen LogP contribution is -2.28. The number of hydrogen-bond acceptors (Lipinski definition) is 6. The maximum atomic E-state index is 11.5. The Morgan fingerprint density at radius 1 is 1.16 bits per heavy atom. The highest BCUT2D eigenvalue weighted by molar-refractivity contribution is 6.15. The molecule has 164 valence electrons. The van der Waals surface area contributed by atoms with Crippen LogP contribution in [0.3, 0.4) is 0 Å². The van der Waals surface area contributed by atoms with Crippen molar-refractivity contribution in [3.05, 3.63) is 81.4 Å². The van der Waals surface area contributed by atoms with E-state index in [4.69, 9.17) is 4.99 Å². The molecule has 0 unspecified atom stereocenters. The van der Waals surface area contributed by atoms with Crippen LogP contribution in [0.15, 0.2) is 53.5 Å². The molecule has 2 heterocycles. The van der Waals surface area contributed by atoms with Crippen molar-refractivity contribution in [1.82, 2.24) is 19.7 Å². The van der Waals surface area contributed by atoms with Crippen LogP contribution in [0.25, 0.3) is 5.69 Å². The summed E-state index contributed by atoms with van der Waals surface area (Å²) in [6, 6.07) is 14.8. The second-order valence-corrected chi connectivity index (χ2v) is 8.54. The van der Waals surface area contributed by atoms with Crippen LogP contribution in [-0.2, 0) is 13.1 Å². The van der Waals surface area contributed by atoms with Crippen LogP contribution in [0, 0.1) is 16.0 Å². The molecule has 1 aliphatic heterocycles. The van der Waals surface area contributed by atoms with Gasteiger partial charge in [0.05, 0.1) is 22.9 Å². The average molecular weight is 431 g/mol. The third-order valence-corrected chi connectivity index (χ3v) is 6.03. The van der Waals surface area contributed by atoms with Gasteiger partial charge >= 0.3 is 0 Å². The lowest BCUT2D eigenvalue weighted by molar-refractivity contribution is -0.384. The van der Waals surface area contributed by atoms with Crippen molar-refractivity contribution in [2.75, 3.05) is 13.1 Å². The summed E-state index contributed by atoms with van der Waals surface area (Å²) in [6.45, 7) is 5.36. The van der Waals surface area contributed by atoms with Crippen molar-refractivity contribution in [2.24, 2.45) is 10.9 Å². The fraction of sp³-hybridized carbons (Fsp3) is 0.375. The number of hydrogen-bond donors (Lipinski definition) is 0. The van der Waals surface area contributed by atoms with E-state index in [1.54, 1.807) is 18.2 Å². The number of fused-ring (bicyclic) bond motifs is 3. The Bertz CT molecular complexity index is 1170. The molecule has 0 bridgehead atoms. The number of nitro groups is 1. The van der Waals surface area contributed by atoms with Gasteiger partial charge in [-0.15, -0.1) is 10.2 Å². The Morgan fingerprint density at radius 3 is 2.69 bits per heavy atom. The number of aromatic nitrogens is 3. The number of rotatable bonds is 8. The first kappa shape index (κ1) is 20.5. The fourth-order valence-electron chi connectivity index (χ4n) is 4.35. The summed E-state index contributed by atoms with van der Waals surface area (Å²) < 4.78 is 2.05. The zero-order valence-corrected chi connectivity index (χ0v) is 18.1. The summed E-state index contributed by atoms with van der Waals surface area (Å²) in [4.78, 5) is 18.4. The minimum Gasteiger partial charge on any atom is -0.296 e. The van der Waals surface area contributed by atoms with Crippen molar-refractivity contribution < 1.29 is 4.92 Å². The molecule has 1 fully saturated rings. The second-order valence-electron chi connectivity index (χ2n) is 8.54. The molecule has 0 spiro atoms. The third-order valence-electron chi connectivity index (χ3n) is 6.03. The predicted octanol–water partition coefficient (Wildman–Crippen LogP) is 4.15. The molecule has 2 aliphatic rings. The Balaban J connectivity index is 1.60. The summed E-state index contributed by atoms with van der Waals surface area (Å²) in [7, 11) is 0. The van der Waals surface area contributed by atoms with Gasteiger partial charge in [-0.2, -0.15) is 0 Å². The van der Waals surface area contributed by atoms with Gasteiger partial charge in [0.2, 0.25) is 0 Å². The van der Waals surface area contributed by atoms with E-state index in [1.165, 1.54) is 12.8 Å². The predicted molar refractivity (Wildman–Crippen MR) is 122 cm³/mol. The third kappa shape index (κ3) is 4.05. The molecule has 5 rings (SSSR count). The number of nitrogens with zero attached hydrogens (tertiary/aromatic N) is 6. The van der Waals surface area contributed by atoms with Crippen LogP contribution < -0.4 is 0 Å². The van der Waals surface area contributed by atoms with E-state index in [0.717, 1.165) is 59.6 Å². The van der Waals surface area contributed by atoms with E-state index in [0.29, 0.717) is 13.1 Å². The van der Waals surface area contributed by atoms with E-state index in [1.807, 2.05) is 34.9 Å². The SMILES string of the molecule is CCCN(Cc1nnc2n1-c1ccc([N+](=O)[O-])cc1C(c1ccccc1)=NC2)CC1CC1. The minimum absolute atomic E-state index is 0.0480. The van der Waals surface area contributed by atoms with Crippen LogP contribution in [-0.4, -0.2) is 43.4 Å². The number of nitro benzene ring substituents is 1. The molecule has 1 aromatic heterocycles. The van der Waals surface area contributed by atoms with Gasteiger partial charge in [0.15, 0.2) is 11.6 Å². The van der Waals surface area contributed by atoms with Crippen molar-refractivity contribution in [2.45, 2.75) is 39.3 Å². The van der Waals surface area contributed by atoms with E-state index >= 15 is 0 Å². The Hall–Kier alpha value is -3.39. The van der Waals surface area contributed by atoms with Crippen molar-refractivity contribution >= 4 is 11.4 Å². The molecule has 8 heteroatoms. The lowest BCUT2D eigenvalue weighted by atomic mass is 10.00. The smallest absolute Gasteiger partial charge is 0.270 e. The molecule has 2 aromatic carbocycles. The maximum Gasteiger partial charge on any atom is 0.270 e. The molecule has 0 saturated heterocycles. The second kappa shape index (κ2) is 8.63. The number of non-ortho nitro benzene ring substituents is 1. The molecule has 0 N–H and O–H groups in total. The van der Waals surface area contributed by atoms with Crippen LogP contribution in [0.1, 0.15) is 49.0 Å². The molecule has 8 nitrogen and oxygen atoms in total. The van der Waals surface area contributed by atoms with Gasteiger partial charge in [0.1, 0.15) is 6.54 Å². The summed E-state index contributed by atoms with van der Waals surface area (Å²) in [5.74, 6) is 2.40. The molecule has 0 amide bonds. The van der Waals surface area contributed by atoms with Gasteiger partial charge in [-0.1, -0.05) is 37.3 Å². The topological polar surface area (TPSA) is 89.5 Å². The van der Waals surface area contributed by atoms with E-state index in [2.05, 4.69) is 22.0 Å². The summed E-state index contributed by atoms with van der Waals surface area (Å²) in [5.41, 5.74) is 3.29. The monoisotopic (exact) mass is 430 g/mol. The van der Waals surface area contributed by atoms with Crippen LogP contribution in [0.5, 0.6) is 0 Å². The van der Waals surface area contributed by atoms with Gasteiger partial charge in [-0.25, -0.2) is 0 Å². The molecular weight excluding hydrogens is 404 g/mol. The lowest BCUT2D eigenvalue weighted by Gasteiger charge is -2.22. The molecule has 1 aliphatic carbocycles. The molecule has 0 radical (unpaired) electrons. The van der Waals surface area contributed by atoms with Crippen LogP contribution >= 0.6 is 0 Å². The maximum absolute atomic E-state index is 11.5. The first-order valence-corrected chi connectivity index (χ1v) is 11.2. The summed E-state index contributed by atoms with van der Waals surface area (Å²) in [6.07, 6.45) is 3.69. The van der Waals surface area contributed by atoms with Crippen LogP contribution in [0.4, 0.5) is 5.69 Å². The Labute approximate surface area is 186 Å². The van der Waals surface area contributed by atoms with Gasteiger partial charge in [0.25, 0.3) is 5.69 Å². The first-order chi connectivity index (χ1) is 15.6. The molecule has 3 aromatic rings. The van der Waals surface area contributed by atoms with Gasteiger partial charge < -0.3 is 0 Å². The largest absolute Gasteiger partial charge is 0.296 e. The highest BCUT2D eigenvalue weighted by Gasteiger charge is 2.28. The highest BCUT2D eigenvalue weighted by atomic mass is 16.6. The molecular formula is C24H26N6O2. The number of aliphatic imine (C=N–C) groups is 1. The van der Waals surface area contributed by atoms with E-state index in [9.17, 15) is 10.1 Å². The van der Waals surface area contributed by atoms with Crippen molar-refractivity contribution in [3.8, 4) is 5.69 Å². The van der Waals surface area contributed by atoms with Crippen LogP contribution in [0.2, 0.25) is 0 Å². The van der Waals surface area contributed by atoms with Gasteiger partial charge in [0, 0.05) is 29.8 Å². The van der Waals surface area contributed by atoms with Gasteiger partial charge in [-0.05, 0) is 37.8 Å². The highest BCUT2D eigenvalue weighted by Crippen LogP contribution is 2.32. The molecule has 0 atom stereocenters. The standard InChI is InChI=1S/C24H26N6O2/c1-2-12-28(15-17-8-9-17)16-23-27-26-22-14-25-24(18-6-4-3-5-7-18)20-13-19(30(31)32)10-11-21(20)29(22)23/h3-7,10-11,13,17H,2,8-9,12,14-16H2,1H3. The quantitative estimate of drug-likeness (QED) is 0.396. The van der Waals surface area contributed by atoms with E-state index < -0.39 is 0 Å². The zero-order valence-electron chi connectivity index (χ0n) is 18.1. The average Bonchev–Trinajstić information content (AvgIpc) is 3.56. The minimum atomic E-state index is -0.361. The van der Waals surface area contributed by atoms with Crippen molar-refractivity contribution in [1.29, 1.82) is 0 Å². The normalized spacial score (nSPS) is 15.1. The summed E-state index contributed by atoms with van der Waals surface area (Å²) in [5, 5.41) is 20.5. The Kier molecular flexibility index (Phi) is 5.53. The molecule has 32 heavy (non-hydrogen) atoms. The first-order valence-electron chi connectivity index (χ1n) is 11.2.